The van der Waals surface area contributed by atoms with Crippen molar-refractivity contribution < 1.29 is 9.63 Å². The van der Waals surface area contributed by atoms with Gasteiger partial charge in [-0.05, 0) is 13.0 Å². The molecule has 1 amide bonds. The molecule has 0 radical (unpaired) electrons. The molecule has 0 saturated carbocycles. The van der Waals surface area contributed by atoms with Crippen molar-refractivity contribution in [1.29, 1.82) is 0 Å². The number of aromatic nitrogens is 1. The van der Waals surface area contributed by atoms with Crippen LogP contribution in [0.2, 0.25) is 0 Å². The fourth-order valence-corrected chi connectivity index (χ4v) is 0.965. The van der Waals surface area contributed by atoms with Gasteiger partial charge in [0.15, 0.2) is 0 Å². The summed E-state index contributed by atoms with van der Waals surface area (Å²) < 4.78 is 0. The number of pyridine rings is 1. The summed E-state index contributed by atoms with van der Waals surface area (Å²) in [6.45, 7) is 1.70. The van der Waals surface area contributed by atoms with Crippen molar-refractivity contribution in [1.82, 2.24) is 10.5 Å². The molecule has 0 aliphatic carbocycles. The fourth-order valence-electron chi connectivity index (χ4n) is 0.965. The molecule has 70 valence electrons. The molecule has 0 unspecified atom stereocenters. The Balaban J connectivity index is 3.01. The predicted octanol–water partition coefficient (Wildman–Crippen LogP) is -0.0255. The van der Waals surface area contributed by atoms with Crippen LogP contribution in [0.1, 0.15) is 16.1 Å². The molecule has 1 aromatic heterocycles. The molecule has 0 atom stereocenters. The number of carbonyl (C=O) groups excluding carboxylic acids is 1. The van der Waals surface area contributed by atoms with Crippen molar-refractivity contribution in [3.63, 3.8) is 0 Å². The second-order valence-corrected chi connectivity index (χ2v) is 2.55. The van der Waals surface area contributed by atoms with Crippen LogP contribution in [0.3, 0.4) is 0 Å². The highest BCUT2D eigenvalue weighted by atomic mass is 16.6. The first-order chi connectivity index (χ1) is 6.13. The van der Waals surface area contributed by atoms with Gasteiger partial charge in [-0.15, -0.1) is 0 Å². The first-order valence-electron chi connectivity index (χ1n) is 3.68. The van der Waals surface area contributed by atoms with Crippen LogP contribution in [0.15, 0.2) is 16.9 Å². The zero-order valence-electron chi connectivity index (χ0n) is 7.38. The summed E-state index contributed by atoms with van der Waals surface area (Å²) in [6.07, 6.45) is 0. The topological polar surface area (TPSA) is 71.2 Å². The van der Waals surface area contributed by atoms with Crippen molar-refractivity contribution in [3.8, 4) is 0 Å². The maximum Gasteiger partial charge on any atom is 0.275 e. The average Bonchev–Trinajstić information content (AvgIpc) is 2.03. The van der Waals surface area contributed by atoms with Gasteiger partial charge in [0.2, 0.25) is 5.56 Å². The summed E-state index contributed by atoms with van der Waals surface area (Å²) in [5, 5.41) is 0. The monoisotopic (exact) mass is 182 g/mol. The third-order valence-electron chi connectivity index (χ3n) is 1.44. The molecule has 1 rings (SSSR count). The molecular formula is C8H10N2O3. The van der Waals surface area contributed by atoms with Crippen LogP contribution in [0.4, 0.5) is 0 Å². The van der Waals surface area contributed by atoms with Crippen molar-refractivity contribution in [2.24, 2.45) is 0 Å². The predicted molar refractivity (Wildman–Crippen MR) is 46.3 cm³/mol. The summed E-state index contributed by atoms with van der Waals surface area (Å²) in [5.41, 5.74) is 2.73. The lowest BCUT2D eigenvalue weighted by atomic mass is 10.2. The first-order valence-corrected chi connectivity index (χ1v) is 3.68. The molecular weight excluding hydrogens is 172 g/mol. The van der Waals surface area contributed by atoms with Crippen molar-refractivity contribution in [3.05, 3.63) is 33.7 Å². The van der Waals surface area contributed by atoms with Crippen LogP contribution in [0, 0.1) is 6.92 Å². The van der Waals surface area contributed by atoms with Gasteiger partial charge >= 0.3 is 0 Å². The lowest BCUT2D eigenvalue weighted by molar-refractivity contribution is 0.0537. The van der Waals surface area contributed by atoms with E-state index in [4.69, 9.17) is 0 Å². The molecule has 0 bridgehead atoms. The fraction of sp³-hybridized carbons (Fsp3) is 0.250. The summed E-state index contributed by atoms with van der Waals surface area (Å²) in [7, 11) is 1.33. The van der Waals surface area contributed by atoms with Gasteiger partial charge in [-0.2, -0.15) is 0 Å². The van der Waals surface area contributed by atoms with E-state index in [1.54, 1.807) is 13.0 Å². The van der Waals surface area contributed by atoms with E-state index in [1.807, 2.05) is 0 Å². The number of hydrogen-bond acceptors (Lipinski definition) is 3. The number of H-pyrrole nitrogens is 1. The average molecular weight is 182 g/mol. The SMILES string of the molecule is CONC(=O)c1cc(C)[nH]c(=O)c1. The number of hydroxylamine groups is 1. The molecule has 0 aliphatic rings. The highest BCUT2D eigenvalue weighted by molar-refractivity contribution is 5.93. The van der Waals surface area contributed by atoms with Gasteiger partial charge in [-0.3, -0.25) is 14.4 Å². The van der Waals surface area contributed by atoms with Gasteiger partial charge in [0, 0.05) is 17.3 Å². The largest absolute Gasteiger partial charge is 0.326 e. The molecule has 1 aromatic rings. The maximum absolute atomic E-state index is 11.2. The van der Waals surface area contributed by atoms with Crippen molar-refractivity contribution in [2.75, 3.05) is 7.11 Å². The second-order valence-electron chi connectivity index (χ2n) is 2.55. The molecule has 13 heavy (non-hydrogen) atoms. The summed E-state index contributed by atoms with van der Waals surface area (Å²) in [6, 6.07) is 2.77. The van der Waals surface area contributed by atoms with Crippen LogP contribution in [0.25, 0.3) is 0 Å². The van der Waals surface area contributed by atoms with Gasteiger partial charge in [-0.25, -0.2) is 5.48 Å². The molecule has 5 nitrogen and oxygen atoms in total. The van der Waals surface area contributed by atoms with E-state index in [2.05, 4.69) is 15.3 Å². The van der Waals surface area contributed by atoms with E-state index in [9.17, 15) is 9.59 Å². The Bertz CT molecular complexity index is 370. The Kier molecular flexibility index (Phi) is 2.81. The van der Waals surface area contributed by atoms with Gasteiger partial charge in [0.05, 0.1) is 7.11 Å². The Labute approximate surface area is 74.7 Å². The van der Waals surface area contributed by atoms with E-state index >= 15 is 0 Å². The molecule has 5 heteroatoms. The molecule has 2 N–H and O–H groups in total. The second kappa shape index (κ2) is 3.86. The molecule has 0 fully saturated rings. The minimum Gasteiger partial charge on any atom is -0.326 e. The van der Waals surface area contributed by atoms with Gasteiger partial charge in [-0.1, -0.05) is 0 Å². The number of aryl methyl sites for hydroxylation is 1. The minimum absolute atomic E-state index is 0.281. The number of rotatable bonds is 2. The zero-order chi connectivity index (χ0) is 9.84. The summed E-state index contributed by atoms with van der Waals surface area (Å²) in [5.74, 6) is -0.434. The Morgan fingerprint density at radius 1 is 1.54 bits per heavy atom. The van der Waals surface area contributed by atoms with Gasteiger partial charge in [0.25, 0.3) is 5.91 Å². The smallest absolute Gasteiger partial charge is 0.275 e. The number of amides is 1. The Morgan fingerprint density at radius 2 is 2.23 bits per heavy atom. The number of hydrogen-bond donors (Lipinski definition) is 2. The van der Waals surface area contributed by atoms with E-state index in [1.165, 1.54) is 13.2 Å². The molecule has 0 spiro atoms. The lowest BCUT2D eigenvalue weighted by Gasteiger charge is -2.01. The van der Waals surface area contributed by atoms with Gasteiger partial charge < -0.3 is 4.98 Å². The molecule has 0 aliphatic heterocycles. The minimum atomic E-state index is -0.434. The first kappa shape index (κ1) is 9.47. The van der Waals surface area contributed by atoms with Crippen LogP contribution >= 0.6 is 0 Å². The lowest BCUT2D eigenvalue weighted by Crippen LogP contribution is -2.23. The van der Waals surface area contributed by atoms with Gasteiger partial charge in [0.1, 0.15) is 0 Å². The zero-order valence-corrected chi connectivity index (χ0v) is 7.38. The molecule has 1 heterocycles. The van der Waals surface area contributed by atoms with Crippen LogP contribution < -0.4 is 11.0 Å². The summed E-state index contributed by atoms with van der Waals surface area (Å²) in [4.78, 5) is 29.1. The Hall–Kier alpha value is -1.62. The summed E-state index contributed by atoms with van der Waals surface area (Å²) >= 11 is 0. The molecule has 0 aromatic carbocycles. The van der Waals surface area contributed by atoms with E-state index in [-0.39, 0.29) is 11.1 Å². The highest BCUT2D eigenvalue weighted by Crippen LogP contribution is 1.96. The quantitative estimate of drug-likeness (QED) is 0.631. The van der Waals surface area contributed by atoms with Crippen LogP contribution in [-0.4, -0.2) is 18.0 Å². The molecule has 0 saturated heterocycles. The number of carbonyl (C=O) groups is 1. The van der Waals surface area contributed by atoms with E-state index < -0.39 is 5.91 Å². The third kappa shape index (κ3) is 2.41. The maximum atomic E-state index is 11.2. The van der Waals surface area contributed by atoms with Crippen LogP contribution in [-0.2, 0) is 4.84 Å². The Morgan fingerprint density at radius 3 is 2.77 bits per heavy atom. The standard InChI is InChI=1S/C8H10N2O3/c1-5-3-6(4-7(11)9-5)8(12)10-13-2/h3-4H,1-2H3,(H,9,11)(H,10,12). The third-order valence-corrected chi connectivity index (χ3v) is 1.44. The van der Waals surface area contributed by atoms with Crippen molar-refractivity contribution in [2.45, 2.75) is 6.92 Å². The normalized spacial score (nSPS) is 9.69. The number of nitrogens with one attached hydrogen (secondary N) is 2. The van der Waals surface area contributed by atoms with Crippen LogP contribution in [0.5, 0.6) is 0 Å². The van der Waals surface area contributed by atoms with E-state index in [0.29, 0.717) is 5.69 Å². The number of aromatic amines is 1. The highest BCUT2D eigenvalue weighted by Gasteiger charge is 2.05. The van der Waals surface area contributed by atoms with E-state index in [0.717, 1.165) is 0 Å². The van der Waals surface area contributed by atoms with Crippen molar-refractivity contribution >= 4 is 5.91 Å².